The van der Waals surface area contributed by atoms with Gasteiger partial charge in [0, 0.05) is 12.2 Å². The Bertz CT molecular complexity index is 580. The smallest absolute Gasteiger partial charge is 0.238 e. The number of benzene rings is 2. The molecule has 0 heterocycles. The highest BCUT2D eigenvalue weighted by molar-refractivity contribution is 5.92. The van der Waals surface area contributed by atoms with Gasteiger partial charge in [-0.25, -0.2) is 0 Å². The van der Waals surface area contributed by atoms with E-state index in [1.807, 2.05) is 68.4 Å². The lowest BCUT2D eigenvalue weighted by Gasteiger charge is -2.11. The monoisotopic (exact) mass is 298 g/mol. The molecule has 1 amide bonds. The summed E-state index contributed by atoms with van der Waals surface area (Å²) in [6, 6.07) is 17.4. The van der Waals surface area contributed by atoms with E-state index >= 15 is 0 Å². The molecule has 0 radical (unpaired) electrons. The van der Waals surface area contributed by atoms with Crippen LogP contribution >= 0.6 is 0 Å². The molecule has 0 bridgehead atoms. The fourth-order valence-corrected chi connectivity index (χ4v) is 2.01. The van der Waals surface area contributed by atoms with Gasteiger partial charge < -0.3 is 15.4 Å². The predicted octanol–water partition coefficient (Wildman–Crippen LogP) is 3.20. The van der Waals surface area contributed by atoms with Crippen LogP contribution in [0.25, 0.3) is 0 Å². The Kier molecular flexibility index (Phi) is 5.98. The first-order valence-electron chi connectivity index (χ1n) is 7.44. The standard InChI is InChI=1S/C18H22N2O2/c1-14(2)22-17-10-8-16(9-11-17)20-18(21)13-19-12-15-6-4-3-5-7-15/h3-11,14,19H,12-13H2,1-2H3,(H,20,21). The van der Waals surface area contributed by atoms with E-state index in [9.17, 15) is 4.79 Å². The molecule has 4 heteroatoms. The highest BCUT2D eigenvalue weighted by Crippen LogP contribution is 2.16. The molecule has 0 aromatic heterocycles. The molecule has 0 saturated carbocycles. The highest BCUT2D eigenvalue weighted by Gasteiger charge is 2.03. The first-order valence-corrected chi connectivity index (χ1v) is 7.44. The second-order valence-electron chi connectivity index (χ2n) is 5.33. The summed E-state index contributed by atoms with van der Waals surface area (Å²) in [6.45, 7) is 4.91. The van der Waals surface area contributed by atoms with Crippen LogP contribution < -0.4 is 15.4 Å². The molecule has 0 aliphatic carbocycles. The number of carbonyl (C=O) groups is 1. The first-order chi connectivity index (χ1) is 10.6. The maximum absolute atomic E-state index is 11.9. The molecular weight excluding hydrogens is 276 g/mol. The van der Waals surface area contributed by atoms with E-state index in [-0.39, 0.29) is 18.6 Å². The minimum absolute atomic E-state index is 0.0616. The van der Waals surface area contributed by atoms with Gasteiger partial charge in [-0.2, -0.15) is 0 Å². The van der Waals surface area contributed by atoms with Crippen molar-refractivity contribution < 1.29 is 9.53 Å². The minimum Gasteiger partial charge on any atom is -0.491 e. The van der Waals surface area contributed by atoms with Crippen LogP contribution in [0.4, 0.5) is 5.69 Å². The van der Waals surface area contributed by atoms with Crippen molar-refractivity contribution in [1.82, 2.24) is 5.32 Å². The van der Waals surface area contributed by atoms with Crippen LogP contribution in [0.1, 0.15) is 19.4 Å². The van der Waals surface area contributed by atoms with Crippen LogP contribution in [0.5, 0.6) is 5.75 Å². The second kappa shape index (κ2) is 8.20. The number of amides is 1. The summed E-state index contributed by atoms with van der Waals surface area (Å²) in [5, 5.41) is 5.97. The van der Waals surface area contributed by atoms with Crippen LogP contribution in [-0.4, -0.2) is 18.6 Å². The molecule has 0 fully saturated rings. The largest absolute Gasteiger partial charge is 0.491 e. The van der Waals surface area contributed by atoms with Crippen LogP contribution in [0.15, 0.2) is 54.6 Å². The lowest BCUT2D eigenvalue weighted by Crippen LogP contribution is -2.27. The lowest BCUT2D eigenvalue weighted by atomic mass is 10.2. The van der Waals surface area contributed by atoms with Crippen LogP contribution in [0.2, 0.25) is 0 Å². The second-order valence-corrected chi connectivity index (χ2v) is 5.33. The summed E-state index contributed by atoms with van der Waals surface area (Å²) in [4.78, 5) is 11.9. The van der Waals surface area contributed by atoms with Crippen molar-refractivity contribution in [2.45, 2.75) is 26.5 Å². The Morgan fingerprint density at radius 1 is 1.05 bits per heavy atom. The van der Waals surface area contributed by atoms with Crippen LogP contribution in [0, 0.1) is 0 Å². The van der Waals surface area contributed by atoms with Gasteiger partial charge in [0.25, 0.3) is 0 Å². The van der Waals surface area contributed by atoms with Gasteiger partial charge in [-0.3, -0.25) is 4.79 Å². The van der Waals surface area contributed by atoms with Gasteiger partial charge in [-0.1, -0.05) is 30.3 Å². The fourth-order valence-electron chi connectivity index (χ4n) is 2.01. The number of anilines is 1. The lowest BCUT2D eigenvalue weighted by molar-refractivity contribution is -0.115. The fraction of sp³-hybridized carbons (Fsp3) is 0.278. The van der Waals surface area contributed by atoms with Gasteiger partial charge in [0.1, 0.15) is 5.75 Å². The maximum Gasteiger partial charge on any atom is 0.238 e. The molecular formula is C18H22N2O2. The SMILES string of the molecule is CC(C)Oc1ccc(NC(=O)CNCc2ccccc2)cc1. The molecule has 0 aliphatic heterocycles. The van der Waals surface area contributed by atoms with Gasteiger partial charge in [-0.15, -0.1) is 0 Å². The third-order valence-corrected chi connectivity index (χ3v) is 2.97. The zero-order valence-corrected chi connectivity index (χ0v) is 13.0. The average molecular weight is 298 g/mol. The van der Waals surface area contributed by atoms with E-state index in [4.69, 9.17) is 4.74 Å². The number of rotatable bonds is 7. The number of hydrogen-bond acceptors (Lipinski definition) is 3. The molecule has 2 aromatic rings. The molecule has 0 atom stereocenters. The Labute approximate surface area is 131 Å². The molecule has 0 saturated heterocycles. The first kappa shape index (κ1) is 16.0. The van der Waals surface area contributed by atoms with Crippen molar-refractivity contribution in [3.8, 4) is 5.75 Å². The zero-order valence-electron chi connectivity index (χ0n) is 13.0. The summed E-state index contributed by atoms with van der Waals surface area (Å²) < 4.78 is 5.56. The van der Waals surface area contributed by atoms with Crippen molar-refractivity contribution in [2.24, 2.45) is 0 Å². The number of nitrogens with one attached hydrogen (secondary N) is 2. The Morgan fingerprint density at radius 3 is 2.36 bits per heavy atom. The van der Waals surface area contributed by atoms with E-state index in [2.05, 4.69) is 10.6 Å². The van der Waals surface area contributed by atoms with Crippen LogP contribution in [-0.2, 0) is 11.3 Å². The summed E-state index contributed by atoms with van der Waals surface area (Å²) >= 11 is 0. The van der Waals surface area contributed by atoms with Crippen molar-refractivity contribution in [3.05, 3.63) is 60.2 Å². The van der Waals surface area contributed by atoms with E-state index in [1.54, 1.807) is 0 Å². The molecule has 0 unspecified atom stereocenters. The maximum atomic E-state index is 11.9. The molecule has 22 heavy (non-hydrogen) atoms. The highest BCUT2D eigenvalue weighted by atomic mass is 16.5. The Hall–Kier alpha value is -2.33. The summed E-state index contributed by atoms with van der Waals surface area (Å²) in [7, 11) is 0. The molecule has 0 aliphatic rings. The molecule has 0 spiro atoms. The Balaban J connectivity index is 1.74. The Morgan fingerprint density at radius 2 is 1.73 bits per heavy atom. The van der Waals surface area contributed by atoms with Gasteiger partial charge in [0.15, 0.2) is 0 Å². The number of carbonyl (C=O) groups excluding carboxylic acids is 1. The van der Waals surface area contributed by atoms with Gasteiger partial charge in [0.05, 0.1) is 12.6 Å². The summed E-state index contributed by atoms with van der Waals surface area (Å²) in [6.07, 6.45) is 0.141. The van der Waals surface area contributed by atoms with E-state index in [1.165, 1.54) is 0 Å². The van der Waals surface area contributed by atoms with Crippen molar-refractivity contribution in [3.63, 3.8) is 0 Å². The predicted molar refractivity (Wildman–Crippen MR) is 89.0 cm³/mol. The molecule has 4 nitrogen and oxygen atoms in total. The van der Waals surface area contributed by atoms with Crippen LogP contribution in [0.3, 0.4) is 0 Å². The topological polar surface area (TPSA) is 50.4 Å². The quantitative estimate of drug-likeness (QED) is 0.825. The van der Waals surface area contributed by atoms with E-state index in [0.717, 1.165) is 17.0 Å². The van der Waals surface area contributed by atoms with Gasteiger partial charge in [-0.05, 0) is 43.7 Å². The van der Waals surface area contributed by atoms with Crippen molar-refractivity contribution in [2.75, 3.05) is 11.9 Å². The third kappa shape index (κ3) is 5.58. The average Bonchev–Trinajstić information content (AvgIpc) is 2.50. The number of hydrogen-bond donors (Lipinski definition) is 2. The molecule has 2 aromatic carbocycles. The van der Waals surface area contributed by atoms with E-state index < -0.39 is 0 Å². The normalized spacial score (nSPS) is 10.5. The van der Waals surface area contributed by atoms with Crippen molar-refractivity contribution >= 4 is 11.6 Å². The van der Waals surface area contributed by atoms with Crippen molar-refractivity contribution in [1.29, 1.82) is 0 Å². The van der Waals surface area contributed by atoms with Gasteiger partial charge >= 0.3 is 0 Å². The van der Waals surface area contributed by atoms with Gasteiger partial charge in [0.2, 0.25) is 5.91 Å². The summed E-state index contributed by atoms with van der Waals surface area (Å²) in [5.74, 6) is 0.740. The number of ether oxygens (including phenoxy) is 1. The minimum atomic E-state index is -0.0616. The molecule has 116 valence electrons. The van der Waals surface area contributed by atoms with E-state index in [0.29, 0.717) is 6.54 Å². The molecule has 2 rings (SSSR count). The third-order valence-electron chi connectivity index (χ3n) is 2.97. The summed E-state index contributed by atoms with van der Waals surface area (Å²) in [5.41, 5.74) is 1.92. The molecule has 2 N–H and O–H groups in total. The zero-order chi connectivity index (χ0) is 15.8.